The number of hydrazone groups is 1. The standard InChI is InChI=1S/C14H9F4N3O2/c1-23-14(22)8-4-2-7(3-5-8)6-19-21-11-9(15)12(17)20-13(18)10(11)16/h2-6H,1H3,(H,20,21)/b19-6+. The smallest absolute Gasteiger partial charge is 0.337 e. The van der Waals surface area contributed by atoms with Gasteiger partial charge in [0.15, 0.2) is 0 Å². The van der Waals surface area contributed by atoms with E-state index in [1.54, 1.807) is 0 Å². The van der Waals surface area contributed by atoms with Crippen LogP contribution in [0.15, 0.2) is 29.4 Å². The zero-order chi connectivity index (χ0) is 17.0. The Balaban J connectivity index is 2.15. The van der Waals surface area contributed by atoms with Gasteiger partial charge in [0.2, 0.25) is 11.6 Å². The van der Waals surface area contributed by atoms with Crippen molar-refractivity contribution < 1.29 is 27.1 Å². The minimum absolute atomic E-state index is 0.299. The third-order valence-electron chi connectivity index (χ3n) is 2.72. The van der Waals surface area contributed by atoms with Crippen LogP contribution >= 0.6 is 0 Å². The second-order valence-corrected chi connectivity index (χ2v) is 4.18. The molecule has 0 saturated heterocycles. The number of benzene rings is 1. The second kappa shape index (κ2) is 6.86. The van der Waals surface area contributed by atoms with Crippen molar-refractivity contribution in [3.63, 3.8) is 0 Å². The molecule has 0 aliphatic rings. The molecule has 0 radical (unpaired) electrons. The van der Waals surface area contributed by atoms with Gasteiger partial charge in [-0.2, -0.15) is 27.6 Å². The third-order valence-corrected chi connectivity index (χ3v) is 2.72. The number of methoxy groups -OCH3 is 1. The molecule has 9 heteroatoms. The van der Waals surface area contributed by atoms with Gasteiger partial charge in [-0.25, -0.2) is 4.79 Å². The number of carbonyl (C=O) groups excluding carboxylic acids is 1. The van der Waals surface area contributed by atoms with Crippen LogP contribution < -0.4 is 5.43 Å². The fourth-order valence-corrected chi connectivity index (χ4v) is 1.58. The molecular weight excluding hydrogens is 318 g/mol. The van der Waals surface area contributed by atoms with E-state index in [1.165, 1.54) is 31.4 Å². The molecule has 5 nitrogen and oxygen atoms in total. The van der Waals surface area contributed by atoms with E-state index in [1.807, 2.05) is 5.43 Å². The lowest BCUT2D eigenvalue weighted by Crippen LogP contribution is -2.06. The molecule has 0 amide bonds. The maximum Gasteiger partial charge on any atom is 0.337 e. The number of nitrogens with zero attached hydrogens (tertiary/aromatic N) is 2. The Hall–Kier alpha value is -2.97. The van der Waals surface area contributed by atoms with E-state index >= 15 is 0 Å². The molecule has 1 N–H and O–H groups in total. The maximum absolute atomic E-state index is 13.3. The van der Waals surface area contributed by atoms with E-state index < -0.39 is 35.2 Å². The summed E-state index contributed by atoms with van der Waals surface area (Å²) in [6, 6.07) is 5.86. The predicted octanol–water partition coefficient (Wildman–Crippen LogP) is 2.87. The summed E-state index contributed by atoms with van der Waals surface area (Å²) < 4.78 is 56.9. The van der Waals surface area contributed by atoms with Crippen LogP contribution in [0.25, 0.3) is 0 Å². The Kier molecular flexibility index (Phi) is 4.89. The summed E-state index contributed by atoms with van der Waals surface area (Å²) in [6.07, 6.45) is 1.14. The van der Waals surface area contributed by atoms with E-state index in [2.05, 4.69) is 14.8 Å². The lowest BCUT2D eigenvalue weighted by atomic mass is 10.1. The molecule has 2 rings (SSSR count). The Bertz CT molecular complexity index is 737. The zero-order valence-corrected chi connectivity index (χ0v) is 11.6. The van der Waals surface area contributed by atoms with Crippen LogP contribution in [0.5, 0.6) is 0 Å². The van der Waals surface area contributed by atoms with Crippen molar-refractivity contribution in [1.82, 2.24) is 4.98 Å². The first-order valence-corrected chi connectivity index (χ1v) is 6.11. The average molecular weight is 327 g/mol. The molecule has 0 aliphatic heterocycles. The average Bonchev–Trinajstić information content (AvgIpc) is 2.56. The van der Waals surface area contributed by atoms with E-state index in [-0.39, 0.29) is 0 Å². The summed E-state index contributed by atoms with van der Waals surface area (Å²) in [6.45, 7) is 0. The van der Waals surface area contributed by atoms with Crippen molar-refractivity contribution in [2.75, 3.05) is 12.5 Å². The molecule has 0 fully saturated rings. The molecule has 1 aromatic heterocycles. The first kappa shape index (κ1) is 16.4. The molecule has 2 aromatic rings. The van der Waals surface area contributed by atoms with Crippen LogP contribution in [0.1, 0.15) is 15.9 Å². The van der Waals surface area contributed by atoms with Gasteiger partial charge in [-0.3, -0.25) is 5.43 Å². The minimum Gasteiger partial charge on any atom is -0.465 e. The normalized spacial score (nSPS) is 10.8. The quantitative estimate of drug-likeness (QED) is 0.308. The summed E-state index contributed by atoms with van der Waals surface area (Å²) in [5.41, 5.74) is 1.53. The summed E-state index contributed by atoms with van der Waals surface area (Å²) in [5, 5.41) is 3.48. The fraction of sp³-hybridized carbons (Fsp3) is 0.0714. The lowest BCUT2D eigenvalue weighted by molar-refractivity contribution is 0.0600. The molecule has 0 bridgehead atoms. The zero-order valence-electron chi connectivity index (χ0n) is 11.6. The van der Waals surface area contributed by atoms with Crippen LogP contribution in [0.2, 0.25) is 0 Å². The van der Waals surface area contributed by atoms with Gasteiger partial charge in [-0.15, -0.1) is 0 Å². The van der Waals surface area contributed by atoms with Crippen molar-refractivity contribution in [1.29, 1.82) is 0 Å². The number of aromatic nitrogens is 1. The largest absolute Gasteiger partial charge is 0.465 e. The first-order valence-electron chi connectivity index (χ1n) is 6.11. The number of esters is 1. The van der Waals surface area contributed by atoms with Crippen LogP contribution in [-0.2, 0) is 4.74 Å². The Morgan fingerprint density at radius 3 is 2.22 bits per heavy atom. The molecule has 0 spiro atoms. The van der Waals surface area contributed by atoms with Gasteiger partial charge in [0.25, 0.3) is 11.9 Å². The fourth-order valence-electron chi connectivity index (χ4n) is 1.58. The first-order chi connectivity index (χ1) is 10.9. The highest BCUT2D eigenvalue weighted by Gasteiger charge is 2.20. The molecule has 23 heavy (non-hydrogen) atoms. The topological polar surface area (TPSA) is 63.6 Å². The van der Waals surface area contributed by atoms with Crippen LogP contribution in [-0.4, -0.2) is 24.3 Å². The third kappa shape index (κ3) is 3.62. The highest BCUT2D eigenvalue weighted by Crippen LogP contribution is 2.21. The number of halogens is 4. The van der Waals surface area contributed by atoms with E-state index in [9.17, 15) is 22.4 Å². The van der Waals surface area contributed by atoms with Crippen molar-refractivity contribution >= 4 is 17.9 Å². The molecule has 0 saturated carbocycles. The minimum atomic E-state index is -1.79. The number of carbonyl (C=O) groups is 1. The maximum atomic E-state index is 13.3. The van der Waals surface area contributed by atoms with Gasteiger partial charge in [0.1, 0.15) is 5.69 Å². The number of nitrogens with one attached hydrogen (secondary N) is 1. The highest BCUT2D eigenvalue weighted by atomic mass is 19.2. The molecule has 0 aliphatic carbocycles. The molecule has 0 atom stereocenters. The Morgan fingerprint density at radius 1 is 1.13 bits per heavy atom. The number of rotatable bonds is 4. The molecule has 120 valence electrons. The van der Waals surface area contributed by atoms with Gasteiger partial charge < -0.3 is 4.74 Å². The van der Waals surface area contributed by atoms with Gasteiger partial charge >= 0.3 is 5.97 Å². The van der Waals surface area contributed by atoms with Crippen molar-refractivity contribution in [2.45, 2.75) is 0 Å². The van der Waals surface area contributed by atoms with Gasteiger partial charge in [-0.1, -0.05) is 12.1 Å². The van der Waals surface area contributed by atoms with Crippen LogP contribution in [0, 0.1) is 23.5 Å². The Labute approximate surface area is 127 Å². The number of hydrogen-bond donors (Lipinski definition) is 1. The van der Waals surface area contributed by atoms with E-state index in [0.717, 1.165) is 6.21 Å². The van der Waals surface area contributed by atoms with Crippen molar-refractivity contribution in [3.8, 4) is 0 Å². The van der Waals surface area contributed by atoms with Crippen molar-refractivity contribution in [3.05, 3.63) is 58.9 Å². The number of ether oxygens (including phenoxy) is 1. The summed E-state index contributed by atoms with van der Waals surface area (Å²) in [7, 11) is 1.23. The molecule has 1 aromatic carbocycles. The second-order valence-electron chi connectivity index (χ2n) is 4.18. The van der Waals surface area contributed by atoms with Gasteiger partial charge in [0, 0.05) is 0 Å². The summed E-state index contributed by atoms with van der Waals surface area (Å²) >= 11 is 0. The van der Waals surface area contributed by atoms with Crippen LogP contribution in [0.3, 0.4) is 0 Å². The number of anilines is 1. The van der Waals surface area contributed by atoms with E-state index in [0.29, 0.717) is 11.1 Å². The molecule has 1 heterocycles. The molecule has 0 unspecified atom stereocenters. The van der Waals surface area contributed by atoms with Crippen LogP contribution in [0.4, 0.5) is 23.2 Å². The lowest BCUT2D eigenvalue weighted by Gasteiger charge is -2.04. The SMILES string of the molecule is COC(=O)c1ccc(/C=N/Nc2c(F)c(F)nc(F)c2F)cc1. The number of hydrogen-bond acceptors (Lipinski definition) is 5. The van der Waals surface area contributed by atoms with E-state index in [4.69, 9.17) is 0 Å². The highest BCUT2D eigenvalue weighted by molar-refractivity contribution is 5.90. The van der Waals surface area contributed by atoms with Gasteiger partial charge in [-0.05, 0) is 17.7 Å². The summed E-state index contributed by atoms with van der Waals surface area (Å²) in [5.74, 6) is -7.49. The predicted molar refractivity (Wildman–Crippen MR) is 73.1 cm³/mol. The van der Waals surface area contributed by atoms with Crippen molar-refractivity contribution in [2.24, 2.45) is 5.10 Å². The molecular formula is C14H9F4N3O2. The monoisotopic (exact) mass is 327 g/mol. The number of pyridine rings is 1. The summed E-state index contributed by atoms with van der Waals surface area (Å²) in [4.78, 5) is 13.6. The van der Waals surface area contributed by atoms with Gasteiger partial charge in [0.05, 0.1) is 18.9 Å². The Morgan fingerprint density at radius 2 is 1.70 bits per heavy atom.